The molecular weight excluding hydrogens is 406 g/mol. The van der Waals surface area contributed by atoms with E-state index in [-0.39, 0.29) is 12.6 Å². The normalized spacial score (nSPS) is 17.7. The Morgan fingerprint density at radius 1 is 1.00 bits per heavy atom. The summed E-state index contributed by atoms with van der Waals surface area (Å²) < 4.78 is 0. The van der Waals surface area contributed by atoms with Crippen molar-refractivity contribution in [3.63, 3.8) is 0 Å². The molecule has 0 saturated carbocycles. The van der Waals surface area contributed by atoms with Crippen molar-refractivity contribution in [1.82, 2.24) is 15.1 Å². The van der Waals surface area contributed by atoms with Gasteiger partial charge >= 0.3 is 17.8 Å². The molecule has 7 heteroatoms. The second kappa shape index (κ2) is 9.34. The summed E-state index contributed by atoms with van der Waals surface area (Å²) in [7, 11) is 0. The molecule has 5 amide bonds. The molecule has 0 unspecified atom stereocenters. The standard InChI is InChI=1S/C25H27N3O4/c1-17(20-13-7-11-19-10-5-6-12-21(19)20)26-22(29)16-28-24(31)23(30)27(25(28)32)15-14-18-8-3-2-4-9-18/h5-8,10-13,17H,2-4,9,14-16H2,1H3,(H,26,29)/t17-/m1/s1. The second-order valence-corrected chi connectivity index (χ2v) is 8.35. The van der Waals surface area contributed by atoms with Gasteiger partial charge in [-0.05, 0) is 55.4 Å². The van der Waals surface area contributed by atoms with Crippen LogP contribution in [0, 0.1) is 0 Å². The number of hydrogen-bond donors (Lipinski definition) is 1. The highest BCUT2D eigenvalue weighted by Crippen LogP contribution is 2.24. The van der Waals surface area contributed by atoms with Gasteiger partial charge in [-0.25, -0.2) is 9.69 Å². The molecule has 0 aromatic heterocycles. The zero-order valence-electron chi connectivity index (χ0n) is 18.2. The van der Waals surface area contributed by atoms with E-state index in [0.29, 0.717) is 6.42 Å². The zero-order chi connectivity index (χ0) is 22.7. The Morgan fingerprint density at radius 3 is 2.53 bits per heavy atom. The molecule has 0 radical (unpaired) electrons. The van der Waals surface area contributed by atoms with E-state index in [1.807, 2.05) is 49.4 Å². The van der Waals surface area contributed by atoms with Crippen LogP contribution in [0.5, 0.6) is 0 Å². The number of nitrogens with zero attached hydrogens (tertiary/aromatic N) is 2. The van der Waals surface area contributed by atoms with E-state index in [1.165, 1.54) is 5.57 Å². The van der Waals surface area contributed by atoms with E-state index in [4.69, 9.17) is 0 Å². The summed E-state index contributed by atoms with van der Waals surface area (Å²) in [4.78, 5) is 51.7. The molecule has 1 N–H and O–H groups in total. The van der Waals surface area contributed by atoms with E-state index in [9.17, 15) is 19.2 Å². The average molecular weight is 434 g/mol. The third-order valence-electron chi connectivity index (χ3n) is 6.15. The molecule has 4 rings (SSSR count). The van der Waals surface area contributed by atoms with Gasteiger partial charge in [0.2, 0.25) is 5.91 Å². The quantitative estimate of drug-likeness (QED) is 0.410. The third kappa shape index (κ3) is 4.42. The second-order valence-electron chi connectivity index (χ2n) is 8.35. The molecule has 1 heterocycles. The predicted octanol–water partition coefficient (Wildman–Crippen LogP) is 3.70. The lowest BCUT2D eigenvalue weighted by atomic mass is 9.97. The summed E-state index contributed by atoms with van der Waals surface area (Å²) in [6, 6.07) is 12.7. The number of urea groups is 1. The highest BCUT2D eigenvalue weighted by Gasteiger charge is 2.45. The van der Waals surface area contributed by atoms with Crippen LogP contribution in [0.4, 0.5) is 4.79 Å². The summed E-state index contributed by atoms with van der Waals surface area (Å²) in [6.07, 6.45) is 6.95. The first-order chi connectivity index (χ1) is 15.5. The van der Waals surface area contributed by atoms with Crippen molar-refractivity contribution in [2.75, 3.05) is 13.1 Å². The average Bonchev–Trinajstić information content (AvgIpc) is 3.00. The molecule has 1 saturated heterocycles. The van der Waals surface area contributed by atoms with Crippen LogP contribution in [0.1, 0.15) is 50.6 Å². The topological polar surface area (TPSA) is 86.8 Å². The van der Waals surface area contributed by atoms with Crippen LogP contribution in [0.2, 0.25) is 0 Å². The Morgan fingerprint density at radius 2 is 1.75 bits per heavy atom. The smallest absolute Gasteiger partial charge is 0.334 e. The number of nitrogens with one attached hydrogen (secondary N) is 1. The van der Waals surface area contributed by atoms with Crippen LogP contribution in [0.25, 0.3) is 10.8 Å². The number of amides is 5. The minimum Gasteiger partial charge on any atom is -0.348 e. The SMILES string of the molecule is C[C@@H](NC(=O)CN1C(=O)C(=O)N(CCC2=CCCCC2)C1=O)c1cccc2ccccc12. The third-order valence-corrected chi connectivity index (χ3v) is 6.15. The van der Waals surface area contributed by atoms with Crippen molar-refractivity contribution < 1.29 is 19.2 Å². The van der Waals surface area contributed by atoms with Crippen LogP contribution < -0.4 is 5.32 Å². The fraction of sp³-hybridized carbons (Fsp3) is 0.360. The highest BCUT2D eigenvalue weighted by molar-refractivity contribution is 6.45. The molecule has 0 spiro atoms. The van der Waals surface area contributed by atoms with Crippen molar-refractivity contribution in [1.29, 1.82) is 0 Å². The van der Waals surface area contributed by atoms with Crippen LogP contribution in [-0.4, -0.2) is 46.6 Å². The Hall–Kier alpha value is -3.48. The molecular formula is C25H27N3O4. The molecule has 1 aliphatic heterocycles. The van der Waals surface area contributed by atoms with Gasteiger partial charge in [0.1, 0.15) is 6.54 Å². The van der Waals surface area contributed by atoms with E-state index < -0.39 is 30.3 Å². The van der Waals surface area contributed by atoms with E-state index >= 15 is 0 Å². The summed E-state index contributed by atoms with van der Waals surface area (Å²) in [5.74, 6) is -2.29. The van der Waals surface area contributed by atoms with E-state index in [0.717, 1.165) is 51.8 Å². The van der Waals surface area contributed by atoms with Crippen LogP contribution in [0.3, 0.4) is 0 Å². The summed E-state index contributed by atoms with van der Waals surface area (Å²) >= 11 is 0. The zero-order valence-corrected chi connectivity index (χ0v) is 18.2. The van der Waals surface area contributed by atoms with Gasteiger partial charge in [0.15, 0.2) is 0 Å². The lowest BCUT2D eigenvalue weighted by Crippen LogP contribution is -2.42. The Balaban J connectivity index is 1.39. The van der Waals surface area contributed by atoms with Crippen LogP contribution >= 0.6 is 0 Å². The van der Waals surface area contributed by atoms with Gasteiger partial charge in [0.05, 0.1) is 6.04 Å². The van der Waals surface area contributed by atoms with E-state index in [2.05, 4.69) is 11.4 Å². The van der Waals surface area contributed by atoms with Gasteiger partial charge in [-0.3, -0.25) is 19.3 Å². The number of carbonyl (C=O) groups is 4. The van der Waals surface area contributed by atoms with E-state index in [1.54, 1.807) is 0 Å². The predicted molar refractivity (Wildman–Crippen MR) is 120 cm³/mol. The molecule has 166 valence electrons. The van der Waals surface area contributed by atoms with Crippen LogP contribution in [-0.2, 0) is 14.4 Å². The molecule has 1 aliphatic carbocycles. The lowest BCUT2D eigenvalue weighted by Gasteiger charge is -2.19. The van der Waals surface area contributed by atoms with Gasteiger partial charge in [0.25, 0.3) is 0 Å². The Bertz CT molecular complexity index is 1100. The van der Waals surface area contributed by atoms with Crippen molar-refractivity contribution in [3.05, 3.63) is 59.7 Å². The van der Waals surface area contributed by atoms with Crippen molar-refractivity contribution in [2.24, 2.45) is 0 Å². The molecule has 2 aliphatic rings. The van der Waals surface area contributed by atoms with Crippen molar-refractivity contribution in [3.8, 4) is 0 Å². The molecule has 2 aromatic carbocycles. The monoisotopic (exact) mass is 433 g/mol. The minimum absolute atomic E-state index is 0.166. The Kier molecular flexibility index (Phi) is 6.35. The Labute approximate surface area is 187 Å². The molecule has 1 fully saturated rings. The summed E-state index contributed by atoms with van der Waals surface area (Å²) in [6.45, 7) is 1.54. The van der Waals surface area contributed by atoms with Gasteiger partial charge in [-0.1, -0.05) is 54.1 Å². The van der Waals surface area contributed by atoms with Gasteiger partial charge in [-0.2, -0.15) is 0 Å². The number of imide groups is 2. The molecule has 0 bridgehead atoms. The minimum atomic E-state index is -0.944. The van der Waals surface area contributed by atoms with Gasteiger partial charge in [-0.15, -0.1) is 0 Å². The maximum Gasteiger partial charge on any atom is 0.334 e. The first-order valence-corrected chi connectivity index (χ1v) is 11.1. The first kappa shape index (κ1) is 21.7. The van der Waals surface area contributed by atoms with Gasteiger partial charge in [0, 0.05) is 6.54 Å². The molecule has 7 nitrogen and oxygen atoms in total. The molecule has 1 atom stereocenters. The summed E-state index contributed by atoms with van der Waals surface area (Å²) in [5, 5.41) is 4.93. The number of allylic oxidation sites excluding steroid dienone is 1. The van der Waals surface area contributed by atoms with Crippen LogP contribution in [0.15, 0.2) is 54.1 Å². The summed E-state index contributed by atoms with van der Waals surface area (Å²) in [5.41, 5.74) is 2.15. The van der Waals surface area contributed by atoms with Crippen molar-refractivity contribution in [2.45, 2.75) is 45.1 Å². The highest BCUT2D eigenvalue weighted by atomic mass is 16.2. The maximum atomic E-state index is 12.7. The lowest BCUT2D eigenvalue weighted by molar-refractivity contribution is -0.144. The molecule has 2 aromatic rings. The van der Waals surface area contributed by atoms with Crippen molar-refractivity contribution >= 4 is 34.5 Å². The number of hydrogen-bond acceptors (Lipinski definition) is 4. The first-order valence-electron chi connectivity index (χ1n) is 11.1. The number of fused-ring (bicyclic) bond motifs is 1. The maximum absolute atomic E-state index is 12.7. The largest absolute Gasteiger partial charge is 0.348 e. The number of benzene rings is 2. The number of rotatable bonds is 7. The number of carbonyl (C=O) groups excluding carboxylic acids is 4. The molecule has 32 heavy (non-hydrogen) atoms. The fourth-order valence-electron chi connectivity index (χ4n) is 4.41. The fourth-order valence-corrected chi connectivity index (χ4v) is 4.41. The van der Waals surface area contributed by atoms with Gasteiger partial charge < -0.3 is 5.32 Å².